The molecule has 1 saturated heterocycles. The lowest BCUT2D eigenvalue weighted by Crippen LogP contribution is -2.45. The first-order valence-corrected chi connectivity index (χ1v) is 8.69. The van der Waals surface area contributed by atoms with E-state index < -0.39 is 0 Å². The molecule has 2 N–H and O–H groups in total. The summed E-state index contributed by atoms with van der Waals surface area (Å²) in [7, 11) is 0. The minimum Gasteiger partial charge on any atom is -0.337 e. The summed E-state index contributed by atoms with van der Waals surface area (Å²) in [6.07, 6.45) is 4.05. The molecule has 0 spiro atoms. The van der Waals surface area contributed by atoms with Gasteiger partial charge in [-0.3, -0.25) is 5.10 Å². The van der Waals surface area contributed by atoms with E-state index in [2.05, 4.69) is 41.2 Å². The van der Waals surface area contributed by atoms with E-state index in [1.807, 2.05) is 11.1 Å². The van der Waals surface area contributed by atoms with E-state index in [4.69, 9.17) is 0 Å². The van der Waals surface area contributed by atoms with Gasteiger partial charge in [0.25, 0.3) is 0 Å². The molecular weight excluding hydrogens is 290 g/mol. The second-order valence-electron chi connectivity index (χ2n) is 8.00. The van der Waals surface area contributed by atoms with Gasteiger partial charge in [0, 0.05) is 37.4 Å². The average molecular weight is 319 g/mol. The molecule has 2 aliphatic heterocycles. The molecule has 6 nitrogen and oxygen atoms in total. The Morgan fingerprint density at radius 2 is 2.35 bits per heavy atom. The summed E-state index contributed by atoms with van der Waals surface area (Å²) in [6.45, 7) is 12.1. The van der Waals surface area contributed by atoms with Gasteiger partial charge < -0.3 is 15.1 Å². The smallest absolute Gasteiger partial charge is 0.317 e. The maximum absolute atomic E-state index is 12.6. The minimum atomic E-state index is 0.0411. The van der Waals surface area contributed by atoms with Crippen molar-refractivity contribution < 1.29 is 4.79 Å². The Kier molecular flexibility index (Phi) is 4.62. The molecule has 2 amide bonds. The molecule has 2 aliphatic rings. The van der Waals surface area contributed by atoms with Gasteiger partial charge in [-0.05, 0) is 30.7 Å². The molecule has 1 unspecified atom stereocenters. The van der Waals surface area contributed by atoms with Crippen LogP contribution >= 0.6 is 0 Å². The highest BCUT2D eigenvalue weighted by Gasteiger charge is 2.31. The number of fused-ring (bicyclic) bond motifs is 1. The molecule has 23 heavy (non-hydrogen) atoms. The number of aromatic amines is 1. The number of hydrogen-bond acceptors (Lipinski definition) is 3. The molecule has 1 fully saturated rings. The summed E-state index contributed by atoms with van der Waals surface area (Å²) in [6, 6.07) is 0.0411. The number of urea groups is 1. The highest BCUT2D eigenvalue weighted by Crippen LogP contribution is 2.28. The van der Waals surface area contributed by atoms with Gasteiger partial charge in [-0.1, -0.05) is 20.8 Å². The van der Waals surface area contributed by atoms with Gasteiger partial charge in [0.15, 0.2) is 0 Å². The highest BCUT2D eigenvalue weighted by atomic mass is 16.2. The largest absolute Gasteiger partial charge is 0.337 e. The number of likely N-dealkylation sites (tertiary alicyclic amines) is 1. The van der Waals surface area contributed by atoms with Crippen molar-refractivity contribution in [3.8, 4) is 0 Å². The summed E-state index contributed by atoms with van der Waals surface area (Å²) in [5, 5.41) is 10.3. The number of carbonyl (C=O) groups is 1. The van der Waals surface area contributed by atoms with Crippen molar-refractivity contribution in [2.75, 3.05) is 32.7 Å². The van der Waals surface area contributed by atoms with E-state index in [0.717, 1.165) is 56.3 Å². The second kappa shape index (κ2) is 6.51. The summed E-state index contributed by atoms with van der Waals surface area (Å²) in [5.41, 5.74) is 2.36. The Labute approximate surface area is 138 Å². The van der Waals surface area contributed by atoms with Crippen LogP contribution in [0.2, 0.25) is 0 Å². The van der Waals surface area contributed by atoms with Crippen LogP contribution in [0.3, 0.4) is 0 Å². The number of rotatable bonds is 3. The Morgan fingerprint density at radius 1 is 1.52 bits per heavy atom. The first kappa shape index (κ1) is 16.3. The van der Waals surface area contributed by atoms with E-state index in [9.17, 15) is 4.79 Å². The molecule has 1 aromatic heterocycles. The Morgan fingerprint density at radius 3 is 3.09 bits per heavy atom. The lowest BCUT2D eigenvalue weighted by atomic mass is 9.88. The molecule has 0 aliphatic carbocycles. The van der Waals surface area contributed by atoms with Gasteiger partial charge in [0.1, 0.15) is 0 Å². The number of aromatic nitrogens is 2. The topological polar surface area (TPSA) is 64.3 Å². The maximum atomic E-state index is 12.6. The predicted octanol–water partition coefficient (Wildman–Crippen LogP) is 1.85. The van der Waals surface area contributed by atoms with Crippen LogP contribution in [-0.4, -0.2) is 58.8 Å². The number of H-pyrrole nitrogens is 1. The summed E-state index contributed by atoms with van der Waals surface area (Å²) in [4.78, 5) is 16.9. The normalized spacial score (nSPS) is 24.3. The maximum Gasteiger partial charge on any atom is 0.317 e. The lowest BCUT2D eigenvalue weighted by molar-refractivity contribution is 0.167. The fraction of sp³-hybridized carbons (Fsp3) is 0.765. The zero-order chi connectivity index (χ0) is 16.4. The quantitative estimate of drug-likeness (QED) is 0.893. The van der Waals surface area contributed by atoms with Gasteiger partial charge in [-0.2, -0.15) is 5.10 Å². The van der Waals surface area contributed by atoms with Crippen LogP contribution in [0.1, 0.15) is 38.4 Å². The molecule has 0 saturated carbocycles. The number of nitrogens with one attached hydrogen (secondary N) is 2. The third-order valence-corrected chi connectivity index (χ3v) is 4.94. The minimum absolute atomic E-state index is 0.0411. The van der Waals surface area contributed by atoms with Crippen LogP contribution in [0.15, 0.2) is 6.20 Å². The number of hydrogen-bond donors (Lipinski definition) is 2. The molecule has 128 valence electrons. The van der Waals surface area contributed by atoms with Crippen molar-refractivity contribution in [2.24, 2.45) is 11.3 Å². The Balaban J connectivity index is 1.54. The van der Waals surface area contributed by atoms with Crippen LogP contribution in [-0.2, 0) is 13.0 Å². The summed E-state index contributed by atoms with van der Waals surface area (Å²) < 4.78 is 0. The van der Waals surface area contributed by atoms with Crippen LogP contribution < -0.4 is 5.32 Å². The third-order valence-electron chi connectivity index (χ3n) is 4.94. The molecule has 3 rings (SSSR count). The summed E-state index contributed by atoms with van der Waals surface area (Å²) >= 11 is 0. The van der Waals surface area contributed by atoms with Crippen molar-refractivity contribution in [3.63, 3.8) is 0 Å². The van der Waals surface area contributed by atoms with E-state index >= 15 is 0 Å². The van der Waals surface area contributed by atoms with Crippen molar-refractivity contribution in [1.82, 2.24) is 25.3 Å². The van der Waals surface area contributed by atoms with Gasteiger partial charge in [0.2, 0.25) is 0 Å². The van der Waals surface area contributed by atoms with E-state index in [-0.39, 0.29) is 11.4 Å². The average Bonchev–Trinajstić information content (AvgIpc) is 3.04. The van der Waals surface area contributed by atoms with Crippen LogP contribution in [0.5, 0.6) is 0 Å². The van der Waals surface area contributed by atoms with Crippen LogP contribution in [0, 0.1) is 11.3 Å². The lowest BCUT2D eigenvalue weighted by Gasteiger charge is -2.30. The molecule has 0 radical (unpaired) electrons. The molecule has 6 heteroatoms. The number of amides is 2. The number of carbonyl (C=O) groups excluding carboxylic acids is 1. The molecular formula is C17H29N5O. The van der Waals surface area contributed by atoms with Crippen LogP contribution in [0.4, 0.5) is 4.79 Å². The van der Waals surface area contributed by atoms with Gasteiger partial charge in [-0.15, -0.1) is 0 Å². The van der Waals surface area contributed by atoms with Gasteiger partial charge in [-0.25, -0.2) is 4.79 Å². The van der Waals surface area contributed by atoms with Crippen molar-refractivity contribution >= 4 is 6.03 Å². The van der Waals surface area contributed by atoms with Crippen molar-refractivity contribution in [2.45, 2.75) is 40.2 Å². The van der Waals surface area contributed by atoms with Crippen molar-refractivity contribution in [1.29, 1.82) is 0 Å². The second-order valence-corrected chi connectivity index (χ2v) is 8.00. The van der Waals surface area contributed by atoms with Gasteiger partial charge >= 0.3 is 6.03 Å². The van der Waals surface area contributed by atoms with Crippen LogP contribution in [0.25, 0.3) is 0 Å². The summed E-state index contributed by atoms with van der Waals surface area (Å²) in [5.74, 6) is 0.789. The molecule has 0 aromatic carbocycles. The van der Waals surface area contributed by atoms with E-state index in [1.165, 1.54) is 6.42 Å². The number of nitrogens with zero attached hydrogens (tertiary/aromatic N) is 3. The fourth-order valence-corrected chi connectivity index (χ4v) is 3.75. The molecule has 3 heterocycles. The Bertz CT molecular complexity index is 553. The van der Waals surface area contributed by atoms with Crippen molar-refractivity contribution in [3.05, 3.63) is 17.5 Å². The highest BCUT2D eigenvalue weighted by molar-refractivity contribution is 5.74. The molecule has 0 bridgehead atoms. The zero-order valence-electron chi connectivity index (χ0n) is 14.6. The van der Waals surface area contributed by atoms with E-state index in [0.29, 0.717) is 6.54 Å². The SMILES string of the molecule is CC1CCN(CCNC(=O)N2Cc3cn[nH]c3CC(C)(C)C2)C1. The molecule has 1 atom stereocenters. The fourth-order valence-electron chi connectivity index (χ4n) is 3.75. The standard InChI is InChI=1S/C17H29N5O/c1-13-4-6-21(10-13)7-5-18-16(23)22-11-14-9-19-20-15(14)8-17(2,3)12-22/h9,13H,4-8,10-12H2,1-3H3,(H,18,23)(H,19,20). The third kappa shape index (κ3) is 4.05. The first-order chi connectivity index (χ1) is 10.9. The first-order valence-electron chi connectivity index (χ1n) is 8.69. The van der Waals surface area contributed by atoms with E-state index in [1.54, 1.807) is 0 Å². The monoisotopic (exact) mass is 319 g/mol. The predicted molar refractivity (Wildman–Crippen MR) is 90.1 cm³/mol. The zero-order valence-corrected chi connectivity index (χ0v) is 14.6. The van der Waals surface area contributed by atoms with Gasteiger partial charge in [0.05, 0.1) is 12.7 Å². The Hall–Kier alpha value is -1.56. The molecule has 1 aromatic rings.